The van der Waals surface area contributed by atoms with Crippen LogP contribution >= 0.6 is 24.2 Å². The van der Waals surface area contributed by atoms with Gasteiger partial charge in [-0.05, 0) is 30.5 Å². The summed E-state index contributed by atoms with van der Waals surface area (Å²) in [4.78, 5) is 3.59. The van der Waals surface area contributed by atoms with E-state index in [9.17, 15) is 8.42 Å². The van der Waals surface area contributed by atoms with Crippen molar-refractivity contribution in [2.24, 2.45) is 0 Å². The molecule has 8 heteroatoms. The Morgan fingerprint density at radius 1 is 0.933 bits per heavy atom. The van der Waals surface area contributed by atoms with Crippen molar-refractivity contribution in [2.75, 3.05) is 48.7 Å². The van der Waals surface area contributed by atoms with E-state index >= 15 is 0 Å². The van der Waals surface area contributed by atoms with Crippen molar-refractivity contribution in [3.05, 3.63) is 60.7 Å². The van der Waals surface area contributed by atoms with Gasteiger partial charge in [0.25, 0.3) is 10.0 Å². The highest BCUT2D eigenvalue weighted by atomic mass is 35.5. The second-order valence-electron chi connectivity index (χ2n) is 7.01. The zero-order valence-corrected chi connectivity index (χ0v) is 19.5. The van der Waals surface area contributed by atoms with Crippen molar-refractivity contribution in [1.82, 2.24) is 5.32 Å². The molecule has 0 saturated carbocycles. The molecule has 1 aliphatic heterocycles. The Hall–Kier alpha value is -1.93. The minimum atomic E-state index is -3.71. The number of nitrogens with zero attached hydrogens (tertiary/aromatic N) is 2. The van der Waals surface area contributed by atoms with Crippen LogP contribution < -0.4 is 14.5 Å². The van der Waals surface area contributed by atoms with Crippen LogP contribution in [-0.2, 0) is 10.0 Å². The van der Waals surface area contributed by atoms with Crippen molar-refractivity contribution >= 4 is 56.3 Å². The Morgan fingerprint density at radius 3 is 2.27 bits per heavy atom. The van der Waals surface area contributed by atoms with Crippen LogP contribution in [0.2, 0.25) is 0 Å². The number of piperazine rings is 1. The number of rotatable bonds is 5. The maximum atomic E-state index is 13.6. The monoisotopic (exact) mass is 463 g/mol. The van der Waals surface area contributed by atoms with Gasteiger partial charge in [0, 0.05) is 54.6 Å². The maximum absolute atomic E-state index is 13.6. The minimum absolute atomic E-state index is 0. The molecule has 0 atom stereocenters. The standard InChI is InChI=1S/C22H25N3O2S2.ClH/c1-24(20-9-5-6-10-21(20)28-2)29(26,27)22-12-11-19(25-15-13-23-14-16-25)17-7-3-4-8-18(17)22;/h3-12,23H,13-16H2,1-2H3;1H. The molecule has 160 valence electrons. The molecule has 0 amide bonds. The van der Waals surface area contributed by atoms with Crippen LogP contribution in [0.5, 0.6) is 0 Å². The van der Waals surface area contributed by atoms with Crippen LogP contribution in [0, 0.1) is 0 Å². The SMILES string of the molecule is CSc1ccccc1N(C)S(=O)(=O)c1ccc(N2CCNCC2)c2ccccc12.Cl. The maximum Gasteiger partial charge on any atom is 0.264 e. The van der Waals surface area contributed by atoms with Crippen LogP contribution in [0.3, 0.4) is 0 Å². The molecule has 0 bridgehead atoms. The Bertz CT molecular complexity index is 1130. The van der Waals surface area contributed by atoms with Crippen LogP contribution in [0.1, 0.15) is 0 Å². The molecule has 1 fully saturated rings. The van der Waals surface area contributed by atoms with E-state index in [-0.39, 0.29) is 12.4 Å². The number of hydrogen-bond donors (Lipinski definition) is 1. The summed E-state index contributed by atoms with van der Waals surface area (Å²) in [6, 6.07) is 19.1. The summed E-state index contributed by atoms with van der Waals surface area (Å²) in [5.74, 6) is 0. The normalized spacial score (nSPS) is 14.4. The van der Waals surface area contributed by atoms with E-state index in [2.05, 4.69) is 10.2 Å². The summed E-state index contributed by atoms with van der Waals surface area (Å²) in [7, 11) is -2.08. The molecular weight excluding hydrogens is 438 g/mol. The lowest BCUT2D eigenvalue weighted by molar-refractivity contribution is 0.589. The molecule has 0 aliphatic carbocycles. The Labute approximate surface area is 188 Å². The van der Waals surface area contributed by atoms with E-state index < -0.39 is 10.0 Å². The summed E-state index contributed by atoms with van der Waals surface area (Å²) >= 11 is 1.54. The highest BCUT2D eigenvalue weighted by molar-refractivity contribution is 7.99. The quantitative estimate of drug-likeness (QED) is 0.574. The minimum Gasteiger partial charge on any atom is -0.368 e. The second kappa shape index (κ2) is 9.47. The van der Waals surface area contributed by atoms with Gasteiger partial charge in [0.15, 0.2) is 0 Å². The van der Waals surface area contributed by atoms with Crippen molar-refractivity contribution < 1.29 is 8.42 Å². The predicted molar refractivity (Wildman–Crippen MR) is 130 cm³/mol. The molecule has 1 heterocycles. The number of thioether (sulfide) groups is 1. The van der Waals surface area contributed by atoms with Gasteiger partial charge >= 0.3 is 0 Å². The van der Waals surface area contributed by atoms with Crippen molar-refractivity contribution in [1.29, 1.82) is 0 Å². The molecule has 1 aliphatic rings. The zero-order valence-electron chi connectivity index (χ0n) is 17.0. The first-order chi connectivity index (χ1) is 14.0. The fraction of sp³-hybridized carbons (Fsp3) is 0.273. The van der Waals surface area contributed by atoms with Gasteiger partial charge in [-0.2, -0.15) is 0 Å². The number of benzene rings is 3. The molecule has 3 aromatic rings. The third kappa shape index (κ3) is 4.12. The van der Waals surface area contributed by atoms with Crippen molar-refractivity contribution in [3.8, 4) is 0 Å². The highest BCUT2D eigenvalue weighted by Crippen LogP contribution is 2.36. The first-order valence-corrected chi connectivity index (χ1v) is 12.3. The lowest BCUT2D eigenvalue weighted by atomic mass is 10.1. The number of fused-ring (bicyclic) bond motifs is 1. The lowest BCUT2D eigenvalue weighted by Crippen LogP contribution is -2.43. The van der Waals surface area contributed by atoms with Gasteiger partial charge in [-0.25, -0.2) is 8.42 Å². The number of sulfonamides is 1. The summed E-state index contributed by atoms with van der Waals surface area (Å²) in [6.45, 7) is 3.69. The number of halogens is 1. The van der Waals surface area contributed by atoms with E-state index in [1.54, 1.807) is 24.9 Å². The molecule has 0 spiro atoms. The van der Waals surface area contributed by atoms with E-state index in [0.717, 1.165) is 47.5 Å². The van der Waals surface area contributed by atoms with Crippen LogP contribution in [0.15, 0.2) is 70.5 Å². The number of anilines is 2. The fourth-order valence-corrected chi connectivity index (χ4v) is 5.92. The van der Waals surface area contributed by atoms with Crippen LogP contribution in [0.25, 0.3) is 10.8 Å². The number of hydrogen-bond acceptors (Lipinski definition) is 5. The van der Waals surface area contributed by atoms with E-state index in [0.29, 0.717) is 10.6 Å². The molecule has 3 aromatic carbocycles. The van der Waals surface area contributed by atoms with Gasteiger partial charge in [0.1, 0.15) is 0 Å². The zero-order chi connectivity index (χ0) is 20.4. The Balaban J connectivity index is 0.00000256. The molecule has 30 heavy (non-hydrogen) atoms. The molecule has 5 nitrogen and oxygen atoms in total. The summed E-state index contributed by atoms with van der Waals surface area (Å²) < 4.78 is 28.6. The first-order valence-electron chi connectivity index (χ1n) is 9.63. The molecule has 0 unspecified atom stereocenters. The number of nitrogens with one attached hydrogen (secondary N) is 1. The second-order valence-corrected chi connectivity index (χ2v) is 9.80. The van der Waals surface area contributed by atoms with Crippen LogP contribution in [-0.4, -0.2) is 47.9 Å². The van der Waals surface area contributed by atoms with Gasteiger partial charge in [0.2, 0.25) is 0 Å². The molecular formula is C22H26ClN3O2S2. The highest BCUT2D eigenvalue weighted by Gasteiger charge is 2.26. The lowest BCUT2D eigenvalue weighted by Gasteiger charge is -2.31. The fourth-order valence-electron chi connectivity index (χ4n) is 3.83. The molecule has 4 rings (SSSR count). The summed E-state index contributed by atoms with van der Waals surface area (Å²) in [5, 5.41) is 5.10. The average molecular weight is 464 g/mol. The van der Waals surface area contributed by atoms with Crippen LogP contribution in [0.4, 0.5) is 11.4 Å². The van der Waals surface area contributed by atoms with Gasteiger partial charge < -0.3 is 10.2 Å². The first kappa shape index (κ1) is 22.7. The van der Waals surface area contributed by atoms with E-state index in [1.165, 1.54) is 4.31 Å². The average Bonchev–Trinajstić information content (AvgIpc) is 2.78. The largest absolute Gasteiger partial charge is 0.368 e. The van der Waals surface area contributed by atoms with E-state index in [4.69, 9.17) is 0 Å². The third-order valence-electron chi connectivity index (χ3n) is 5.38. The van der Waals surface area contributed by atoms with Crippen molar-refractivity contribution in [3.63, 3.8) is 0 Å². The Kier molecular flexibility index (Phi) is 7.18. The third-order valence-corrected chi connectivity index (χ3v) is 8.00. The topological polar surface area (TPSA) is 52.7 Å². The van der Waals surface area contributed by atoms with Gasteiger partial charge in [-0.15, -0.1) is 24.2 Å². The summed E-state index contributed by atoms with van der Waals surface area (Å²) in [5.41, 5.74) is 1.78. The molecule has 1 N–H and O–H groups in total. The van der Waals surface area contributed by atoms with Crippen molar-refractivity contribution in [2.45, 2.75) is 9.79 Å². The van der Waals surface area contributed by atoms with E-state index in [1.807, 2.05) is 60.9 Å². The summed E-state index contributed by atoms with van der Waals surface area (Å²) in [6.07, 6.45) is 1.96. The Morgan fingerprint density at radius 2 is 1.57 bits per heavy atom. The smallest absolute Gasteiger partial charge is 0.264 e. The predicted octanol–water partition coefficient (Wildman–Crippen LogP) is 4.22. The van der Waals surface area contributed by atoms with Gasteiger partial charge in [-0.1, -0.05) is 36.4 Å². The molecule has 1 saturated heterocycles. The van der Waals surface area contributed by atoms with Gasteiger partial charge in [0.05, 0.1) is 10.6 Å². The molecule has 0 aromatic heterocycles. The number of para-hydroxylation sites is 1. The van der Waals surface area contributed by atoms with Gasteiger partial charge in [-0.3, -0.25) is 4.31 Å². The molecule has 0 radical (unpaired) electrons.